The monoisotopic (exact) mass is 308 g/mol. The van der Waals surface area contributed by atoms with E-state index in [4.69, 9.17) is 21.4 Å². The van der Waals surface area contributed by atoms with Crippen molar-refractivity contribution in [2.24, 2.45) is 0 Å². The van der Waals surface area contributed by atoms with Crippen LogP contribution in [0.5, 0.6) is 5.75 Å². The summed E-state index contributed by atoms with van der Waals surface area (Å²) >= 11 is 5.90. The lowest BCUT2D eigenvalue weighted by molar-refractivity contribution is -0.134. The van der Waals surface area contributed by atoms with E-state index in [0.29, 0.717) is 12.7 Å². The summed E-state index contributed by atoms with van der Waals surface area (Å²) in [6, 6.07) is 3.20. The molecule has 20 heavy (non-hydrogen) atoms. The molecule has 1 aliphatic heterocycles. The van der Waals surface area contributed by atoms with E-state index in [9.17, 15) is 18.0 Å². The summed E-state index contributed by atoms with van der Waals surface area (Å²) in [5, 5.41) is 9.10. The van der Waals surface area contributed by atoms with Crippen molar-refractivity contribution in [3.63, 3.8) is 0 Å². The van der Waals surface area contributed by atoms with Crippen LogP contribution in [0, 0.1) is 6.92 Å². The first-order valence-electron chi connectivity index (χ1n) is 5.47. The molecule has 0 bridgehead atoms. The highest BCUT2D eigenvalue weighted by Crippen LogP contribution is 2.38. The number of rotatable bonds is 2. The summed E-state index contributed by atoms with van der Waals surface area (Å²) in [6.45, 7) is 1.76. The normalized spacial score (nSPS) is 16.6. The van der Waals surface area contributed by atoms with Crippen LogP contribution in [0.15, 0.2) is 17.7 Å². The van der Waals surface area contributed by atoms with Gasteiger partial charge < -0.3 is 9.84 Å². The van der Waals surface area contributed by atoms with Gasteiger partial charge in [0.05, 0.1) is 17.8 Å². The number of alkyl halides is 3. The van der Waals surface area contributed by atoms with E-state index in [1.807, 2.05) is 0 Å². The van der Waals surface area contributed by atoms with E-state index in [0.717, 1.165) is 5.56 Å². The minimum atomic E-state index is -2.93. The summed E-state index contributed by atoms with van der Waals surface area (Å²) in [6.07, 6.45) is -3.55. The number of aliphatic carboxylic acids is 1. The quantitative estimate of drug-likeness (QED) is 0.905. The number of carbonyl (C=O) groups is 1. The summed E-state index contributed by atoms with van der Waals surface area (Å²) in [5.41, 5.74) is 0.715. The van der Waals surface area contributed by atoms with Crippen molar-refractivity contribution in [1.82, 2.24) is 0 Å². The second kappa shape index (κ2) is 6.65. The second-order valence-corrected chi connectivity index (χ2v) is 4.35. The molecule has 1 aliphatic rings. The highest BCUT2D eigenvalue weighted by Gasteiger charge is 2.35. The first-order valence-corrected chi connectivity index (χ1v) is 5.85. The predicted octanol–water partition coefficient (Wildman–Crippen LogP) is 3.73. The Morgan fingerprint density at radius 3 is 2.50 bits per heavy atom. The smallest absolute Gasteiger partial charge is 0.335 e. The number of halogens is 4. The van der Waals surface area contributed by atoms with Crippen LogP contribution in [-0.4, -0.2) is 30.8 Å². The lowest BCUT2D eigenvalue weighted by atomic mass is 10.0. The van der Waals surface area contributed by atoms with Gasteiger partial charge in [-0.05, 0) is 30.7 Å². The number of ether oxygens (including phenoxy) is 1. The van der Waals surface area contributed by atoms with Gasteiger partial charge in [0.15, 0.2) is 6.10 Å². The van der Waals surface area contributed by atoms with Gasteiger partial charge in [-0.2, -0.15) is 0 Å². The lowest BCUT2D eigenvalue weighted by Gasteiger charge is -2.25. The minimum absolute atomic E-state index is 0.0950. The Kier molecular flexibility index (Phi) is 5.44. The number of hydrogen-bond acceptors (Lipinski definition) is 2. The molecule has 1 aromatic rings. The van der Waals surface area contributed by atoms with Crippen molar-refractivity contribution in [3.05, 3.63) is 33.9 Å². The van der Waals surface area contributed by atoms with E-state index >= 15 is 0 Å². The zero-order valence-corrected chi connectivity index (χ0v) is 11.4. The van der Waals surface area contributed by atoms with Crippen LogP contribution in [0.1, 0.15) is 11.1 Å². The number of benzene rings is 1. The maximum Gasteiger partial charge on any atom is 0.335 e. The molecule has 1 atom stereocenters. The highest BCUT2D eigenvalue weighted by molar-refractivity contribution is 6.32. The molecule has 0 aromatic heterocycles. The van der Waals surface area contributed by atoms with Crippen molar-refractivity contribution < 1.29 is 27.8 Å². The summed E-state index contributed by atoms with van der Waals surface area (Å²) < 4.78 is 40.0. The number of aryl methyl sites for hydroxylation is 1. The Morgan fingerprint density at radius 2 is 2.00 bits per heavy atom. The van der Waals surface area contributed by atoms with Crippen molar-refractivity contribution in [2.45, 2.75) is 19.5 Å². The Balaban J connectivity index is 0.000000956. The SMILES string of the molecule is CF.Cc1cc(Cl)c2c(c1)C=C(C(=O)O)C(C(F)F)O2. The standard InChI is InChI=1S/C12H9ClF2O3.CH3F/c1-5-2-6-4-7(12(16)17)10(11(14)15)18-9(6)8(13)3-5;1-2/h2-4,10-11H,1H3,(H,16,17);1H3. The average Bonchev–Trinajstić information content (AvgIpc) is 2.39. The fraction of sp³-hybridized carbons (Fsp3) is 0.308. The summed E-state index contributed by atoms with van der Waals surface area (Å²) in [7, 11) is 0.500. The molecule has 1 N–H and O–H groups in total. The van der Waals surface area contributed by atoms with Crippen LogP contribution < -0.4 is 4.74 Å². The lowest BCUT2D eigenvalue weighted by Crippen LogP contribution is -2.33. The van der Waals surface area contributed by atoms with Crippen LogP contribution in [0.4, 0.5) is 13.2 Å². The Morgan fingerprint density at radius 1 is 1.40 bits per heavy atom. The van der Waals surface area contributed by atoms with Gasteiger partial charge in [0.25, 0.3) is 6.43 Å². The van der Waals surface area contributed by atoms with Crippen LogP contribution in [-0.2, 0) is 4.79 Å². The Labute approximate surface area is 118 Å². The van der Waals surface area contributed by atoms with E-state index in [2.05, 4.69) is 0 Å². The van der Waals surface area contributed by atoms with Gasteiger partial charge in [-0.3, -0.25) is 4.39 Å². The fourth-order valence-corrected chi connectivity index (χ4v) is 2.12. The molecule has 1 aromatic carbocycles. The molecule has 1 unspecified atom stereocenters. The van der Waals surface area contributed by atoms with Gasteiger partial charge in [-0.25, -0.2) is 13.6 Å². The van der Waals surface area contributed by atoms with Gasteiger partial charge in [0.1, 0.15) is 5.75 Å². The van der Waals surface area contributed by atoms with Crippen molar-refractivity contribution in [1.29, 1.82) is 0 Å². The van der Waals surface area contributed by atoms with Gasteiger partial charge in [0.2, 0.25) is 0 Å². The third-order valence-electron chi connectivity index (χ3n) is 2.55. The first-order chi connectivity index (χ1) is 9.40. The molecule has 0 amide bonds. The Bertz CT molecular complexity index is 544. The molecule has 0 saturated heterocycles. The zero-order chi connectivity index (χ0) is 15.4. The van der Waals surface area contributed by atoms with E-state index in [-0.39, 0.29) is 10.8 Å². The molecule has 0 saturated carbocycles. The molecule has 0 spiro atoms. The van der Waals surface area contributed by atoms with Crippen LogP contribution >= 0.6 is 11.6 Å². The largest absolute Gasteiger partial charge is 0.478 e. The highest BCUT2D eigenvalue weighted by atomic mass is 35.5. The molecule has 2 rings (SSSR count). The predicted molar refractivity (Wildman–Crippen MR) is 69.3 cm³/mol. The maximum atomic E-state index is 12.8. The Hall–Kier alpha value is -1.69. The maximum absolute atomic E-state index is 12.8. The molecule has 0 radical (unpaired) electrons. The molecule has 110 valence electrons. The number of carboxylic acid groups (broad SMARTS) is 1. The molecule has 1 heterocycles. The van der Waals surface area contributed by atoms with Crippen molar-refractivity contribution >= 4 is 23.6 Å². The van der Waals surface area contributed by atoms with Gasteiger partial charge in [-0.15, -0.1) is 0 Å². The van der Waals surface area contributed by atoms with Gasteiger partial charge in [-0.1, -0.05) is 11.6 Å². The van der Waals surface area contributed by atoms with E-state index in [1.54, 1.807) is 19.1 Å². The van der Waals surface area contributed by atoms with Crippen LogP contribution in [0.3, 0.4) is 0 Å². The molecule has 3 nitrogen and oxygen atoms in total. The van der Waals surface area contributed by atoms with Crippen molar-refractivity contribution in [3.8, 4) is 5.75 Å². The second-order valence-electron chi connectivity index (χ2n) is 3.94. The molecule has 0 fully saturated rings. The number of fused-ring (bicyclic) bond motifs is 1. The van der Waals surface area contributed by atoms with Gasteiger partial charge >= 0.3 is 5.97 Å². The molecular formula is C13H12ClF3O3. The molecule has 7 heteroatoms. The topological polar surface area (TPSA) is 46.5 Å². The summed E-state index contributed by atoms with van der Waals surface area (Å²) in [5.74, 6) is -1.33. The molecule has 0 aliphatic carbocycles. The third-order valence-corrected chi connectivity index (χ3v) is 2.84. The van der Waals surface area contributed by atoms with Gasteiger partial charge in [0, 0.05) is 5.56 Å². The first kappa shape index (κ1) is 16.4. The van der Waals surface area contributed by atoms with Crippen LogP contribution in [0.25, 0.3) is 6.08 Å². The fourth-order valence-electron chi connectivity index (χ4n) is 1.80. The summed E-state index contributed by atoms with van der Waals surface area (Å²) in [4.78, 5) is 10.9. The van der Waals surface area contributed by atoms with E-state index < -0.39 is 24.1 Å². The third kappa shape index (κ3) is 3.25. The zero-order valence-electron chi connectivity index (χ0n) is 10.7. The molecular weight excluding hydrogens is 297 g/mol. The van der Waals surface area contributed by atoms with Crippen molar-refractivity contribution in [2.75, 3.05) is 7.18 Å². The average molecular weight is 309 g/mol. The number of carboxylic acids is 1. The van der Waals surface area contributed by atoms with Crippen LogP contribution in [0.2, 0.25) is 5.02 Å². The number of hydrogen-bond donors (Lipinski definition) is 1. The van der Waals surface area contributed by atoms with E-state index in [1.165, 1.54) is 6.08 Å². The minimum Gasteiger partial charge on any atom is -0.478 e.